The van der Waals surface area contributed by atoms with E-state index >= 15 is 0 Å². The topological polar surface area (TPSA) is 47.8 Å². The number of ketones is 1. The maximum Gasteiger partial charge on any atom is 0.170 e. The maximum atomic E-state index is 12.0. The number of hydrogen-bond acceptors (Lipinski definition) is 3. The summed E-state index contributed by atoms with van der Waals surface area (Å²) in [4.78, 5) is 16.1. The second-order valence-corrected chi connectivity index (χ2v) is 4.04. The van der Waals surface area contributed by atoms with Crippen LogP contribution in [0, 0.1) is 0 Å². The van der Waals surface area contributed by atoms with Crippen molar-refractivity contribution >= 4 is 17.4 Å². The van der Waals surface area contributed by atoms with Gasteiger partial charge < -0.3 is 0 Å². The van der Waals surface area contributed by atoms with Gasteiger partial charge in [-0.25, -0.2) is 9.67 Å². The van der Waals surface area contributed by atoms with E-state index in [2.05, 4.69) is 10.1 Å². The third kappa shape index (κ3) is 2.71. The molecule has 2 aromatic rings. The van der Waals surface area contributed by atoms with Crippen LogP contribution < -0.4 is 0 Å². The van der Waals surface area contributed by atoms with Crippen LogP contribution >= 0.6 is 11.6 Å². The maximum absolute atomic E-state index is 12.0. The van der Waals surface area contributed by atoms with Gasteiger partial charge in [-0.15, -0.1) is 0 Å². The summed E-state index contributed by atoms with van der Waals surface area (Å²) in [5, 5.41) is 4.59. The van der Waals surface area contributed by atoms with Crippen molar-refractivity contribution in [1.29, 1.82) is 0 Å². The molecule has 0 fully saturated rings. The van der Waals surface area contributed by atoms with Gasteiger partial charge in [0.15, 0.2) is 5.78 Å². The largest absolute Gasteiger partial charge is 0.294 e. The number of Topliss-reactive ketones (excluding diaryl/α,β-unsaturated/α-hetero) is 1. The van der Waals surface area contributed by atoms with Crippen molar-refractivity contribution in [2.75, 3.05) is 0 Å². The van der Waals surface area contributed by atoms with Crippen molar-refractivity contribution in [3.63, 3.8) is 0 Å². The molecular formula is C12H12ClN3O. The SMILES string of the molecule is CCn1ncnc1CC(=O)c1cccc(Cl)c1. The van der Waals surface area contributed by atoms with Crippen LogP contribution in [0.3, 0.4) is 0 Å². The minimum absolute atomic E-state index is 0.00444. The first-order valence-corrected chi connectivity index (χ1v) is 5.74. The highest BCUT2D eigenvalue weighted by Gasteiger charge is 2.11. The predicted molar refractivity (Wildman–Crippen MR) is 65.2 cm³/mol. The molecule has 0 amide bonds. The molecule has 5 heteroatoms. The molecule has 0 aliphatic carbocycles. The van der Waals surface area contributed by atoms with Crippen LogP contribution in [0.15, 0.2) is 30.6 Å². The van der Waals surface area contributed by atoms with Crippen LogP contribution in [0.4, 0.5) is 0 Å². The van der Waals surface area contributed by atoms with E-state index in [0.717, 1.165) is 0 Å². The van der Waals surface area contributed by atoms with Crippen molar-refractivity contribution in [2.24, 2.45) is 0 Å². The Hall–Kier alpha value is -1.68. The highest BCUT2D eigenvalue weighted by atomic mass is 35.5. The van der Waals surface area contributed by atoms with Crippen molar-refractivity contribution in [1.82, 2.24) is 14.8 Å². The molecule has 1 aromatic carbocycles. The average Bonchev–Trinajstić information content (AvgIpc) is 2.76. The van der Waals surface area contributed by atoms with Crippen LogP contribution in [0.2, 0.25) is 5.02 Å². The van der Waals surface area contributed by atoms with E-state index in [1.807, 2.05) is 6.92 Å². The quantitative estimate of drug-likeness (QED) is 0.782. The molecule has 4 nitrogen and oxygen atoms in total. The lowest BCUT2D eigenvalue weighted by Gasteiger charge is -2.03. The van der Waals surface area contributed by atoms with Gasteiger partial charge in [0.25, 0.3) is 0 Å². The Morgan fingerprint density at radius 2 is 2.29 bits per heavy atom. The molecular weight excluding hydrogens is 238 g/mol. The minimum atomic E-state index is -0.00444. The van der Waals surface area contributed by atoms with Gasteiger partial charge >= 0.3 is 0 Å². The normalized spacial score (nSPS) is 10.5. The number of benzene rings is 1. The molecule has 17 heavy (non-hydrogen) atoms. The monoisotopic (exact) mass is 249 g/mol. The molecule has 1 heterocycles. The van der Waals surface area contributed by atoms with Crippen molar-refractivity contribution in [3.8, 4) is 0 Å². The number of aryl methyl sites for hydroxylation is 1. The van der Waals surface area contributed by atoms with Gasteiger partial charge in [0.05, 0.1) is 6.42 Å². The number of aromatic nitrogens is 3. The van der Waals surface area contributed by atoms with E-state index in [1.54, 1.807) is 28.9 Å². The molecule has 0 saturated heterocycles. The van der Waals surface area contributed by atoms with E-state index < -0.39 is 0 Å². The lowest BCUT2D eigenvalue weighted by Crippen LogP contribution is -2.10. The number of rotatable bonds is 4. The molecule has 0 saturated carbocycles. The molecule has 2 rings (SSSR count). The number of carbonyl (C=O) groups excluding carboxylic acids is 1. The number of hydrogen-bond donors (Lipinski definition) is 0. The lowest BCUT2D eigenvalue weighted by molar-refractivity contribution is 0.0989. The average molecular weight is 250 g/mol. The Morgan fingerprint density at radius 3 is 3.00 bits per heavy atom. The van der Waals surface area contributed by atoms with Gasteiger partial charge in [-0.2, -0.15) is 5.10 Å². The highest BCUT2D eigenvalue weighted by Crippen LogP contribution is 2.12. The number of carbonyl (C=O) groups is 1. The van der Waals surface area contributed by atoms with Crippen molar-refractivity contribution in [3.05, 3.63) is 47.0 Å². The second-order valence-electron chi connectivity index (χ2n) is 3.60. The van der Waals surface area contributed by atoms with Gasteiger partial charge in [-0.05, 0) is 19.1 Å². The smallest absolute Gasteiger partial charge is 0.170 e. The fourth-order valence-corrected chi connectivity index (χ4v) is 1.79. The van der Waals surface area contributed by atoms with Crippen LogP contribution in [0.25, 0.3) is 0 Å². The minimum Gasteiger partial charge on any atom is -0.294 e. The van der Waals surface area contributed by atoms with Crippen LogP contribution in [-0.4, -0.2) is 20.5 Å². The zero-order valence-corrected chi connectivity index (χ0v) is 10.2. The van der Waals surface area contributed by atoms with Gasteiger partial charge in [-0.3, -0.25) is 4.79 Å². The second kappa shape index (κ2) is 5.10. The summed E-state index contributed by atoms with van der Waals surface area (Å²) in [5.41, 5.74) is 0.600. The molecule has 0 atom stereocenters. The standard InChI is InChI=1S/C12H12ClN3O/c1-2-16-12(14-8-15-16)7-11(17)9-4-3-5-10(13)6-9/h3-6,8H,2,7H2,1H3. The summed E-state index contributed by atoms with van der Waals surface area (Å²) in [5.74, 6) is 0.674. The van der Waals surface area contributed by atoms with Crippen LogP contribution in [0.1, 0.15) is 23.1 Å². The van der Waals surface area contributed by atoms with E-state index in [1.165, 1.54) is 6.33 Å². The Bertz CT molecular complexity index is 536. The number of nitrogens with zero attached hydrogens (tertiary/aromatic N) is 3. The zero-order chi connectivity index (χ0) is 12.3. The Labute approximate surface area is 104 Å². The molecule has 1 aromatic heterocycles. The van der Waals surface area contributed by atoms with E-state index in [9.17, 15) is 4.79 Å². The van der Waals surface area contributed by atoms with Crippen LogP contribution in [-0.2, 0) is 13.0 Å². The lowest BCUT2D eigenvalue weighted by atomic mass is 10.1. The van der Waals surface area contributed by atoms with Gasteiger partial charge in [0, 0.05) is 17.1 Å². The Balaban J connectivity index is 2.17. The fourth-order valence-electron chi connectivity index (χ4n) is 1.60. The molecule has 0 radical (unpaired) electrons. The first kappa shape index (κ1) is 11.8. The molecule has 0 unspecified atom stereocenters. The Kier molecular flexibility index (Phi) is 3.54. The highest BCUT2D eigenvalue weighted by molar-refractivity contribution is 6.31. The first-order chi connectivity index (χ1) is 8.20. The summed E-state index contributed by atoms with van der Waals surface area (Å²) < 4.78 is 1.71. The molecule has 0 spiro atoms. The van der Waals surface area contributed by atoms with Gasteiger partial charge in [0.1, 0.15) is 12.2 Å². The number of halogens is 1. The summed E-state index contributed by atoms with van der Waals surface area (Å²) in [6, 6.07) is 6.92. The summed E-state index contributed by atoms with van der Waals surface area (Å²) in [7, 11) is 0. The molecule has 0 aliphatic heterocycles. The summed E-state index contributed by atoms with van der Waals surface area (Å²) >= 11 is 5.84. The first-order valence-electron chi connectivity index (χ1n) is 5.36. The molecule has 0 N–H and O–H groups in total. The van der Waals surface area contributed by atoms with E-state index in [-0.39, 0.29) is 12.2 Å². The van der Waals surface area contributed by atoms with Gasteiger partial charge in [0.2, 0.25) is 0 Å². The molecule has 0 bridgehead atoms. The molecule has 88 valence electrons. The Morgan fingerprint density at radius 1 is 1.47 bits per heavy atom. The van der Waals surface area contributed by atoms with Crippen molar-refractivity contribution in [2.45, 2.75) is 19.9 Å². The van der Waals surface area contributed by atoms with E-state index in [0.29, 0.717) is 23.0 Å². The summed E-state index contributed by atoms with van der Waals surface area (Å²) in [6.07, 6.45) is 1.71. The van der Waals surface area contributed by atoms with E-state index in [4.69, 9.17) is 11.6 Å². The van der Waals surface area contributed by atoms with Crippen molar-refractivity contribution < 1.29 is 4.79 Å². The third-order valence-corrected chi connectivity index (χ3v) is 2.70. The molecule has 0 aliphatic rings. The fraction of sp³-hybridized carbons (Fsp3) is 0.250. The van der Waals surface area contributed by atoms with Gasteiger partial charge in [-0.1, -0.05) is 23.7 Å². The third-order valence-electron chi connectivity index (χ3n) is 2.46. The zero-order valence-electron chi connectivity index (χ0n) is 9.43. The predicted octanol–water partition coefficient (Wildman–Crippen LogP) is 2.38. The van der Waals surface area contributed by atoms with Crippen LogP contribution in [0.5, 0.6) is 0 Å². The summed E-state index contributed by atoms with van der Waals surface area (Å²) in [6.45, 7) is 2.67.